The van der Waals surface area contributed by atoms with Gasteiger partial charge in [-0.25, -0.2) is 0 Å². The second-order valence-electron chi connectivity index (χ2n) is 4.32. The molecule has 2 aromatic rings. The first-order valence-electron chi connectivity index (χ1n) is 5.82. The molecule has 0 spiro atoms. The van der Waals surface area contributed by atoms with Crippen LogP contribution < -0.4 is 5.32 Å². The summed E-state index contributed by atoms with van der Waals surface area (Å²) in [5.41, 5.74) is 1.32. The Balaban J connectivity index is 2.35. The van der Waals surface area contributed by atoms with E-state index in [0.29, 0.717) is 5.56 Å². The quantitative estimate of drug-likeness (QED) is 0.556. The lowest BCUT2D eigenvalue weighted by atomic mass is 10.1. The average molecular weight is 466 g/mol. The van der Waals surface area contributed by atoms with E-state index in [9.17, 15) is 10.2 Å². The van der Waals surface area contributed by atoms with Crippen LogP contribution in [0.2, 0.25) is 0 Å². The molecule has 0 saturated carbocycles. The van der Waals surface area contributed by atoms with Gasteiger partial charge in [-0.2, -0.15) is 0 Å². The van der Waals surface area contributed by atoms with Crippen LogP contribution in [0.1, 0.15) is 18.5 Å². The highest BCUT2D eigenvalue weighted by atomic mass is 79.9. The van der Waals surface area contributed by atoms with Crippen molar-refractivity contribution in [2.45, 2.75) is 13.0 Å². The molecule has 1 unspecified atom stereocenters. The number of nitrogens with one attached hydrogen (secondary N) is 1. The van der Waals surface area contributed by atoms with Gasteiger partial charge in [0.1, 0.15) is 11.5 Å². The summed E-state index contributed by atoms with van der Waals surface area (Å²) >= 11 is 10.4. The van der Waals surface area contributed by atoms with E-state index in [1.807, 2.05) is 19.1 Å². The van der Waals surface area contributed by atoms with Crippen molar-refractivity contribution in [1.29, 1.82) is 0 Å². The Morgan fingerprint density at radius 3 is 2.00 bits per heavy atom. The number of aromatic hydroxyl groups is 2. The molecule has 0 heterocycles. The molecular weight excluding hydrogens is 454 g/mol. The Kier molecular flexibility index (Phi) is 4.99. The molecule has 0 aliphatic heterocycles. The zero-order valence-electron chi connectivity index (χ0n) is 10.5. The molecule has 1 atom stereocenters. The molecule has 0 aromatic heterocycles. The van der Waals surface area contributed by atoms with E-state index in [2.05, 4.69) is 53.1 Å². The van der Waals surface area contributed by atoms with Crippen molar-refractivity contribution < 1.29 is 10.2 Å². The summed E-state index contributed by atoms with van der Waals surface area (Å²) in [5, 5.41) is 23.1. The van der Waals surface area contributed by atoms with Crippen LogP contribution in [0, 0.1) is 0 Å². The van der Waals surface area contributed by atoms with Crippen molar-refractivity contribution in [3.05, 3.63) is 49.3 Å². The Morgan fingerprint density at radius 2 is 1.50 bits per heavy atom. The van der Waals surface area contributed by atoms with Gasteiger partial charge >= 0.3 is 0 Å². The van der Waals surface area contributed by atoms with Gasteiger partial charge in [0, 0.05) is 13.4 Å². The summed E-state index contributed by atoms with van der Waals surface area (Å²) in [6.45, 7) is 1.87. The van der Waals surface area contributed by atoms with E-state index in [1.54, 1.807) is 18.2 Å². The number of halogens is 3. The number of hydrogen-bond donors (Lipinski definition) is 3. The molecule has 0 amide bonds. The molecule has 0 bridgehead atoms. The van der Waals surface area contributed by atoms with E-state index >= 15 is 0 Å². The predicted molar refractivity (Wildman–Crippen MR) is 91.4 cm³/mol. The van der Waals surface area contributed by atoms with E-state index in [1.165, 1.54) is 0 Å². The van der Waals surface area contributed by atoms with Crippen molar-refractivity contribution in [3.63, 3.8) is 0 Å². The monoisotopic (exact) mass is 463 g/mol. The molecule has 2 aromatic carbocycles. The summed E-state index contributed by atoms with van der Waals surface area (Å²) in [6, 6.07) is 8.30. The van der Waals surface area contributed by atoms with Crippen LogP contribution in [-0.4, -0.2) is 10.2 Å². The molecule has 0 aliphatic rings. The molecule has 6 heteroatoms. The fourth-order valence-electron chi connectivity index (χ4n) is 1.95. The maximum absolute atomic E-state index is 9.89. The van der Waals surface area contributed by atoms with Crippen LogP contribution >= 0.6 is 47.8 Å². The Labute approximate surface area is 142 Å². The third-order valence-corrected chi connectivity index (χ3v) is 4.57. The average Bonchev–Trinajstić information content (AvgIpc) is 2.33. The lowest BCUT2D eigenvalue weighted by molar-refractivity contribution is 0.434. The summed E-state index contributed by atoms with van der Waals surface area (Å²) in [6.07, 6.45) is 0. The predicted octanol–water partition coefficient (Wildman–Crippen LogP) is 5.56. The normalized spacial score (nSPS) is 12.2. The van der Waals surface area contributed by atoms with Gasteiger partial charge in [0.25, 0.3) is 0 Å². The fourth-order valence-corrected chi connectivity index (χ4v) is 4.44. The minimum absolute atomic E-state index is 0.0642. The van der Waals surface area contributed by atoms with Gasteiger partial charge in [0.15, 0.2) is 0 Å². The molecular formula is C14H12Br3NO2. The van der Waals surface area contributed by atoms with E-state index in [0.717, 1.165) is 19.1 Å². The minimum Gasteiger partial charge on any atom is -0.507 e. The van der Waals surface area contributed by atoms with Crippen molar-refractivity contribution in [3.8, 4) is 11.5 Å². The van der Waals surface area contributed by atoms with Crippen LogP contribution in [-0.2, 0) is 0 Å². The van der Waals surface area contributed by atoms with Crippen molar-refractivity contribution >= 4 is 53.5 Å². The lowest BCUT2D eigenvalue weighted by Gasteiger charge is -2.20. The molecule has 3 N–H and O–H groups in total. The molecule has 20 heavy (non-hydrogen) atoms. The summed E-state index contributed by atoms with van der Waals surface area (Å²) in [5.74, 6) is 0.128. The number of benzene rings is 2. The van der Waals surface area contributed by atoms with Gasteiger partial charge < -0.3 is 15.5 Å². The van der Waals surface area contributed by atoms with E-state index in [-0.39, 0.29) is 17.5 Å². The maximum Gasteiger partial charge on any atom is 0.124 e. The highest BCUT2D eigenvalue weighted by Gasteiger charge is 2.17. The van der Waals surface area contributed by atoms with Gasteiger partial charge in [-0.15, -0.1) is 0 Å². The lowest BCUT2D eigenvalue weighted by Crippen LogP contribution is -2.08. The van der Waals surface area contributed by atoms with Crippen LogP contribution in [0.15, 0.2) is 43.7 Å². The van der Waals surface area contributed by atoms with Crippen LogP contribution in [0.5, 0.6) is 11.5 Å². The Bertz CT molecular complexity index is 603. The van der Waals surface area contributed by atoms with Crippen LogP contribution in [0.4, 0.5) is 5.69 Å². The molecule has 0 radical (unpaired) electrons. The molecule has 0 fully saturated rings. The Morgan fingerprint density at radius 1 is 1.00 bits per heavy atom. The number of phenolic OH excluding ortho intramolecular Hbond substituents is 2. The van der Waals surface area contributed by atoms with Crippen molar-refractivity contribution in [2.24, 2.45) is 0 Å². The Hall–Kier alpha value is -0.720. The molecule has 2 rings (SSSR count). The van der Waals surface area contributed by atoms with E-state index < -0.39 is 0 Å². The summed E-state index contributed by atoms with van der Waals surface area (Å²) in [7, 11) is 0. The first-order chi connectivity index (χ1) is 9.40. The number of hydrogen-bond acceptors (Lipinski definition) is 3. The van der Waals surface area contributed by atoms with Crippen LogP contribution in [0.3, 0.4) is 0 Å². The topological polar surface area (TPSA) is 52.5 Å². The number of anilines is 1. The van der Waals surface area contributed by atoms with Gasteiger partial charge in [-0.05, 0) is 63.0 Å². The summed E-state index contributed by atoms with van der Waals surface area (Å²) in [4.78, 5) is 0. The highest BCUT2D eigenvalue weighted by Crippen LogP contribution is 2.39. The first kappa shape index (κ1) is 15.7. The van der Waals surface area contributed by atoms with Gasteiger partial charge in [-0.1, -0.05) is 22.0 Å². The number of rotatable bonds is 3. The highest BCUT2D eigenvalue weighted by molar-refractivity contribution is 9.11. The number of phenols is 2. The van der Waals surface area contributed by atoms with Crippen molar-refractivity contribution in [2.75, 3.05) is 5.32 Å². The zero-order chi connectivity index (χ0) is 14.9. The minimum atomic E-state index is -0.259. The molecule has 0 aliphatic carbocycles. The molecule has 106 valence electrons. The summed E-state index contributed by atoms with van der Waals surface area (Å²) < 4.78 is 2.70. The second kappa shape index (κ2) is 6.37. The molecule has 3 nitrogen and oxygen atoms in total. The molecule has 0 saturated heterocycles. The SMILES string of the molecule is CC(Nc1c(Br)cc(Br)cc1Br)c1c(O)cccc1O. The fraction of sp³-hybridized carbons (Fsp3) is 0.143. The third kappa shape index (κ3) is 3.30. The van der Waals surface area contributed by atoms with Crippen LogP contribution in [0.25, 0.3) is 0 Å². The zero-order valence-corrected chi connectivity index (χ0v) is 15.3. The van der Waals surface area contributed by atoms with Crippen molar-refractivity contribution in [1.82, 2.24) is 0 Å². The smallest absolute Gasteiger partial charge is 0.124 e. The van der Waals surface area contributed by atoms with Gasteiger partial charge in [0.2, 0.25) is 0 Å². The largest absolute Gasteiger partial charge is 0.507 e. The van der Waals surface area contributed by atoms with Gasteiger partial charge in [0.05, 0.1) is 17.3 Å². The van der Waals surface area contributed by atoms with Gasteiger partial charge in [-0.3, -0.25) is 0 Å². The maximum atomic E-state index is 9.89. The third-order valence-electron chi connectivity index (χ3n) is 2.86. The van der Waals surface area contributed by atoms with E-state index in [4.69, 9.17) is 0 Å². The second-order valence-corrected chi connectivity index (χ2v) is 6.94. The first-order valence-corrected chi connectivity index (χ1v) is 8.20. The standard InChI is InChI=1S/C14H12Br3NO2/c1-7(13-11(19)3-2-4-12(13)20)18-14-9(16)5-8(15)6-10(14)17/h2-7,18-20H,1H3.